The van der Waals surface area contributed by atoms with Gasteiger partial charge < -0.3 is 20.9 Å². The van der Waals surface area contributed by atoms with Crippen LogP contribution < -0.4 is 11.1 Å². The summed E-state index contributed by atoms with van der Waals surface area (Å²) in [4.78, 5) is 35.1. The monoisotopic (exact) mass is 549 g/mol. The van der Waals surface area contributed by atoms with E-state index < -0.39 is 0 Å². The third kappa shape index (κ3) is 6.57. The lowest BCUT2D eigenvalue weighted by Gasteiger charge is -2.34. The summed E-state index contributed by atoms with van der Waals surface area (Å²) in [6.07, 6.45) is 4.09. The third-order valence-corrected chi connectivity index (χ3v) is 7.67. The number of amides is 2. The fourth-order valence-electron chi connectivity index (χ4n) is 5.60. The highest BCUT2D eigenvalue weighted by atomic mass is 16.2. The van der Waals surface area contributed by atoms with Gasteiger partial charge in [0.2, 0.25) is 5.91 Å². The highest BCUT2D eigenvalue weighted by Gasteiger charge is 2.25. The molecule has 7 nitrogen and oxygen atoms in total. The van der Waals surface area contributed by atoms with Gasteiger partial charge in [0, 0.05) is 61.9 Å². The van der Waals surface area contributed by atoms with Crippen molar-refractivity contribution in [2.24, 2.45) is 10.7 Å². The minimum Gasteiger partial charge on any atom is -0.387 e. The molecule has 2 amide bonds. The van der Waals surface area contributed by atoms with Gasteiger partial charge in [-0.25, -0.2) is 4.99 Å². The molecule has 1 fully saturated rings. The Morgan fingerprint density at radius 1 is 0.976 bits per heavy atom. The minimum atomic E-state index is 0.0311. The summed E-state index contributed by atoms with van der Waals surface area (Å²) in [6.45, 7) is 7.71. The number of piperazine rings is 1. The van der Waals surface area contributed by atoms with E-state index in [9.17, 15) is 9.59 Å². The van der Waals surface area contributed by atoms with Gasteiger partial charge in [0.25, 0.3) is 5.91 Å². The zero-order valence-electron chi connectivity index (χ0n) is 24.0. The lowest BCUT2D eigenvalue weighted by atomic mass is 9.99. The van der Waals surface area contributed by atoms with E-state index in [1.807, 2.05) is 76.5 Å². The molecule has 0 bridgehead atoms. The van der Waals surface area contributed by atoms with Crippen LogP contribution in [-0.4, -0.2) is 60.2 Å². The van der Waals surface area contributed by atoms with E-state index in [4.69, 9.17) is 5.73 Å². The molecule has 0 saturated carbocycles. The Kier molecular flexibility index (Phi) is 8.95. The fraction of sp³-hybridized carbons (Fsp3) is 0.324. The number of fused-ring (bicyclic) bond motifs is 1. The topological polar surface area (TPSA) is 91.0 Å². The van der Waals surface area contributed by atoms with Gasteiger partial charge in [0.05, 0.1) is 5.69 Å². The number of amidine groups is 1. The van der Waals surface area contributed by atoms with Crippen LogP contribution in [0.4, 0.5) is 5.69 Å². The van der Waals surface area contributed by atoms with Crippen LogP contribution in [0.5, 0.6) is 0 Å². The summed E-state index contributed by atoms with van der Waals surface area (Å²) in [5, 5.41) is 3.52. The van der Waals surface area contributed by atoms with Crippen molar-refractivity contribution in [1.82, 2.24) is 15.1 Å². The molecule has 0 aliphatic carbocycles. The minimum absolute atomic E-state index is 0.0311. The van der Waals surface area contributed by atoms with E-state index in [0.717, 1.165) is 54.9 Å². The number of carbonyl (C=O) groups excluding carboxylic acids is 2. The van der Waals surface area contributed by atoms with Crippen LogP contribution in [0.15, 0.2) is 83.4 Å². The Labute approximate surface area is 242 Å². The number of nitrogens with one attached hydrogen (secondary N) is 1. The molecule has 1 saturated heterocycles. The van der Waals surface area contributed by atoms with Crippen LogP contribution in [0.3, 0.4) is 0 Å². The first-order valence-corrected chi connectivity index (χ1v) is 14.6. The molecular formula is C34H39N5O2. The van der Waals surface area contributed by atoms with Gasteiger partial charge in [-0.1, -0.05) is 68.4 Å². The number of aliphatic imine (C=N–C) groups is 1. The van der Waals surface area contributed by atoms with Crippen LogP contribution in [0.1, 0.15) is 60.6 Å². The van der Waals surface area contributed by atoms with Crippen molar-refractivity contribution >= 4 is 29.4 Å². The van der Waals surface area contributed by atoms with Crippen LogP contribution in [-0.2, 0) is 4.79 Å². The maximum atomic E-state index is 13.3. The molecule has 212 valence electrons. The van der Waals surface area contributed by atoms with Crippen LogP contribution in [0.2, 0.25) is 0 Å². The normalized spacial score (nSPS) is 16.7. The predicted molar refractivity (Wildman–Crippen MR) is 166 cm³/mol. The van der Waals surface area contributed by atoms with Crippen LogP contribution >= 0.6 is 0 Å². The van der Waals surface area contributed by atoms with E-state index in [0.29, 0.717) is 36.5 Å². The lowest BCUT2D eigenvalue weighted by Crippen LogP contribution is -2.48. The average molecular weight is 550 g/mol. The summed E-state index contributed by atoms with van der Waals surface area (Å²) in [5.74, 6) is 0.503. The Bertz CT molecular complexity index is 1440. The van der Waals surface area contributed by atoms with Gasteiger partial charge in [-0.15, -0.1) is 0 Å². The Balaban J connectivity index is 1.33. The number of hydrogen-bond acceptors (Lipinski definition) is 5. The SMILES string of the molecule is CCCN(CCC)C(=O)C1=Cc2ccc(-c3ccc(C(=O)N4CCNC(c5ccccc5)C4)cc3)cc2N=C(N)C1. The van der Waals surface area contributed by atoms with Gasteiger partial charge in [-0.2, -0.15) is 0 Å². The number of benzene rings is 3. The van der Waals surface area contributed by atoms with Gasteiger partial charge in [-0.3, -0.25) is 9.59 Å². The first kappa shape index (κ1) is 28.3. The van der Waals surface area contributed by atoms with E-state index in [-0.39, 0.29) is 17.9 Å². The second kappa shape index (κ2) is 13.0. The Morgan fingerprint density at radius 3 is 2.39 bits per heavy atom. The van der Waals surface area contributed by atoms with Crippen molar-refractivity contribution in [3.05, 3.63) is 95.1 Å². The summed E-state index contributed by atoms with van der Waals surface area (Å²) >= 11 is 0. The molecule has 0 radical (unpaired) electrons. The molecule has 2 aliphatic heterocycles. The maximum Gasteiger partial charge on any atom is 0.253 e. The van der Waals surface area contributed by atoms with E-state index >= 15 is 0 Å². The van der Waals surface area contributed by atoms with Gasteiger partial charge in [0.1, 0.15) is 5.84 Å². The van der Waals surface area contributed by atoms with Crippen molar-refractivity contribution in [3.63, 3.8) is 0 Å². The second-order valence-corrected chi connectivity index (χ2v) is 10.8. The number of rotatable bonds is 8. The van der Waals surface area contributed by atoms with Crippen molar-refractivity contribution < 1.29 is 9.59 Å². The van der Waals surface area contributed by atoms with E-state index in [2.05, 4.69) is 36.3 Å². The van der Waals surface area contributed by atoms with Crippen molar-refractivity contribution in [1.29, 1.82) is 0 Å². The Hall–Kier alpha value is -4.23. The summed E-state index contributed by atoms with van der Waals surface area (Å²) in [5.41, 5.74) is 12.4. The maximum absolute atomic E-state index is 13.3. The molecule has 41 heavy (non-hydrogen) atoms. The average Bonchev–Trinajstić information content (AvgIpc) is 3.18. The molecule has 3 N–H and O–H groups in total. The molecule has 1 atom stereocenters. The molecule has 0 spiro atoms. The first-order valence-electron chi connectivity index (χ1n) is 14.6. The number of carbonyl (C=O) groups is 2. The molecule has 2 aliphatic rings. The molecule has 1 unspecified atom stereocenters. The number of nitrogens with two attached hydrogens (primary N) is 1. The number of nitrogens with zero attached hydrogens (tertiary/aromatic N) is 3. The molecule has 0 aromatic heterocycles. The number of hydrogen-bond donors (Lipinski definition) is 2. The zero-order valence-corrected chi connectivity index (χ0v) is 24.0. The van der Waals surface area contributed by atoms with E-state index in [1.165, 1.54) is 5.56 Å². The van der Waals surface area contributed by atoms with Crippen LogP contribution in [0.25, 0.3) is 17.2 Å². The summed E-state index contributed by atoms with van der Waals surface area (Å²) < 4.78 is 0. The molecule has 7 heteroatoms. The highest BCUT2D eigenvalue weighted by molar-refractivity contribution is 6.05. The van der Waals surface area contributed by atoms with Crippen LogP contribution in [0, 0.1) is 0 Å². The largest absolute Gasteiger partial charge is 0.387 e. The predicted octanol–water partition coefficient (Wildman–Crippen LogP) is 5.56. The van der Waals surface area contributed by atoms with Gasteiger partial charge in [0.15, 0.2) is 0 Å². The van der Waals surface area contributed by atoms with Gasteiger partial charge in [-0.05, 0) is 53.8 Å². The molecule has 3 aromatic rings. The molecular weight excluding hydrogens is 510 g/mol. The molecule has 2 heterocycles. The molecule has 3 aromatic carbocycles. The van der Waals surface area contributed by atoms with Crippen molar-refractivity contribution in [2.45, 2.75) is 39.2 Å². The fourth-order valence-corrected chi connectivity index (χ4v) is 5.60. The second-order valence-electron chi connectivity index (χ2n) is 10.8. The van der Waals surface area contributed by atoms with Crippen molar-refractivity contribution in [2.75, 3.05) is 32.7 Å². The summed E-state index contributed by atoms with van der Waals surface area (Å²) in [7, 11) is 0. The Morgan fingerprint density at radius 2 is 1.68 bits per heavy atom. The quantitative estimate of drug-likeness (QED) is 0.385. The standard InChI is InChI=1S/C34H39N5O2/c1-3-17-38(18-4-2)34(41)29-20-28-15-14-27(21-30(28)37-32(35)22-29)24-10-12-26(13-11-24)33(40)39-19-16-36-31(23-39)25-8-6-5-7-9-25/h5-15,20-21,31,36H,3-4,16-19,22-23H2,1-2H3,(H2,35,37). The highest BCUT2D eigenvalue weighted by Crippen LogP contribution is 2.32. The third-order valence-electron chi connectivity index (χ3n) is 7.67. The molecule has 5 rings (SSSR count). The summed E-state index contributed by atoms with van der Waals surface area (Å²) in [6, 6.07) is 24.2. The lowest BCUT2D eigenvalue weighted by molar-refractivity contribution is -0.127. The van der Waals surface area contributed by atoms with E-state index in [1.54, 1.807) is 0 Å². The van der Waals surface area contributed by atoms with Gasteiger partial charge >= 0.3 is 0 Å². The first-order chi connectivity index (χ1) is 20.0. The smallest absolute Gasteiger partial charge is 0.253 e. The zero-order chi connectivity index (χ0) is 28.8. The van der Waals surface area contributed by atoms with Crippen molar-refractivity contribution in [3.8, 4) is 11.1 Å².